The molecule has 2 aromatic heterocycles. The van der Waals surface area contributed by atoms with Gasteiger partial charge in [-0.1, -0.05) is 66.7 Å². The summed E-state index contributed by atoms with van der Waals surface area (Å²) >= 11 is 0. The summed E-state index contributed by atoms with van der Waals surface area (Å²) in [6.07, 6.45) is 2.57. The number of aromatic amines is 1. The lowest BCUT2D eigenvalue weighted by Crippen LogP contribution is -2.45. The number of fused-ring (bicyclic) bond motifs is 2. The second-order valence-electron chi connectivity index (χ2n) is 7.95. The zero-order chi connectivity index (χ0) is 21.8. The highest BCUT2D eigenvalue weighted by molar-refractivity contribution is 5.86. The molecule has 32 heavy (non-hydrogen) atoms. The Hall–Kier alpha value is -3.83. The Balaban J connectivity index is 1.33. The van der Waals surface area contributed by atoms with Gasteiger partial charge in [0.25, 0.3) is 0 Å². The first kappa shape index (κ1) is 20.1. The van der Waals surface area contributed by atoms with Crippen LogP contribution in [0.5, 0.6) is 0 Å². The minimum atomic E-state index is -0.397. The first-order chi connectivity index (χ1) is 15.8. The van der Waals surface area contributed by atoms with Crippen LogP contribution in [-0.4, -0.2) is 16.9 Å². The molecular formula is C27H25N3O2. The van der Waals surface area contributed by atoms with E-state index in [1.54, 1.807) is 0 Å². The fourth-order valence-corrected chi connectivity index (χ4v) is 4.03. The van der Waals surface area contributed by atoms with Gasteiger partial charge in [0.1, 0.15) is 11.3 Å². The summed E-state index contributed by atoms with van der Waals surface area (Å²) in [7, 11) is 0. The smallest absolute Gasteiger partial charge is 0.237 e. The van der Waals surface area contributed by atoms with Gasteiger partial charge in [0, 0.05) is 29.0 Å². The van der Waals surface area contributed by atoms with Crippen molar-refractivity contribution in [1.29, 1.82) is 0 Å². The van der Waals surface area contributed by atoms with Crippen molar-refractivity contribution < 1.29 is 9.21 Å². The average Bonchev–Trinajstić information content (AvgIpc) is 3.44. The second-order valence-corrected chi connectivity index (χ2v) is 7.95. The highest BCUT2D eigenvalue weighted by atomic mass is 16.3. The van der Waals surface area contributed by atoms with Crippen LogP contribution in [0.15, 0.2) is 95.5 Å². The third kappa shape index (κ3) is 4.43. The molecule has 5 nitrogen and oxygen atoms in total. The second kappa shape index (κ2) is 9.12. The Morgan fingerprint density at radius 2 is 1.69 bits per heavy atom. The lowest BCUT2D eigenvalue weighted by molar-refractivity contribution is -0.123. The molecule has 0 saturated heterocycles. The normalized spacial score (nSPS) is 12.2. The van der Waals surface area contributed by atoms with E-state index in [9.17, 15) is 4.79 Å². The molecule has 1 unspecified atom stereocenters. The molecule has 5 rings (SSSR count). The molecule has 1 atom stereocenters. The summed E-state index contributed by atoms with van der Waals surface area (Å²) in [6, 6.07) is 27.7. The van der Waals surface area contributed by atoms with Crippen molar-refractivity contribution in [1.82, 2.24) is 15.6 Å². The zero-order valence-corrected chi connectivity index (χ0v) is 17.7. The molecule has 0 fully saturated rings. The molecule has 5 heteroatoms. The summed E-state index contributed by atoms with van der Waals surface area (Å²) < 4.78 is 5.93. The van der Waals surface area contributed by atoms with Gasteiger partial charge < -0.3 is 14.7 Å². The first-order valence-electron chi connectivity index (χ1n) is 10.8. The first-order valence-corrected chi connectivity index (χ1v) is 10.8. The highest BCUT2D eigenvalue weighted by Crippen LogP contribution is 2.21. The van der Waals surface area contributed by atoms with E-state index < -0.39 is 6.04 Å². The zero-order valence-electron chi connectivity index (χ0n) is 17.7. The molecule has 2 heterocycles. The number of para-hydroxylation sites is 2. The maximum Gasteiger partial charge on any atom is 0.237 e. The SMILES string of the molecule is O=C(NCc1ccccc1)C(Cc1c[nH]c2ccccc12)NCc1cc2ccccc2o1. The average molecular weight is 424 g/mol. The van der Waals surface area contributed by atoms with Gasteiger partial charge in [-0.25, -0.2) is 0 Å². The van der Waals surface area contributed by atoms with Crippen molar-refractivity contribution in [3.63, 3.8) is 0 Å². The number of aromatic nitrogens is 1. The fourth-order valence-electron chi connectivity index (χ4n) is 4.03. The number of rotatable bonds is 8. The fraction of sp³-hybridized carbons (Fsp3) is 0.148. The van der Waals surface area contributed by atoms with Crippen LogP contribution >= 0.6 is 0 Å². The van der Waals surface area contributed by atoms with Crippen LogP contribution in [-0.2, 0) is 24.3 Å². The van der Waals surface area contributed by atoms with Gasteiger partial charge in [0.15, 0.2) is 0 Å². The molecule has 3 aromatic carbocycles. The van der Waals surface area contributed by atoms with E-state index in [4.69, 9.17) is 4.42 Å². The van der Waals surface area contributed by atoms with Crippen molar-refractivity contribution in [2.75, 3.05) is 0 Å². The molecule has 0 saturated carbocycles. The van der Waals surface area contributed by atoms with Gasteiger partial charge in [0.05, 0.1) is 12.6 Å². The van der Waals surface area contributed by atoms with E-state index >= 15 is 0 Å². The molecule has 5 aromatic rings. The maximum absolute atomic E-state index is 13.2. The predicted molar refractivity (Wildman–Crippen MR) is 127 cm³/mol. The van der Waals surface area contributed by atoms with Crippen molar-refractivity contribution in [2.45, 2.75) is 25.6 Å². The van der Waals surface area contributed by atoms with Crippen molar-refractivity contribution in [3.8, 4) is 0 Å². The number of hydrogen-bond donors (Lipinski definition) is 3. The molecule has 0 spiro atoms. The third-order valence-electron chi connectivity index (χ3n) is 5.72. The Bertz CT molecular complexity index is 1300. The van der Waals surface area contributed by atoms with Gasteiger partial charge in [-0.3, -0.25) is 10.1 Å². The van der Waals surface area contributed by atoms with E-state index in [0.29, 0.717) is 19.5 Å². The summed E-state index contributed by atoms with van der Waals surface area (Å²) in [4.78, 5) is 16.5. The molecule has 0 aliphatic heterocycles. The van der Waals surface area contributed by atoms with Crippen LogP contribution in [0.1, 0.15) is 16.9 Å². The van der Waals surface area contributed by atoms with Crippen molar-refractivity contribution >= 4 is 27.8 Å². The van der Waals surface area contributed by atoms with Crippen LogP contribution < -0.4 is 10.6 Å². The van der Waals surface area contributed by atoms with E-state index in [1.165, 1.54) is 0 Å². The Morgan fingerprint density at radius 3 is 2.56 bits per heavy atom. The number of furan rings is 1. The number of hydrogen-bond acceptors (Lipinski definition) is 3. The molecule has 160 valence electrons. The molecule has 0 bridgehead atoms. The summed E-state index contributed by atoms with van der Waals surface area (Å²) in [5, 5.41) is 8.70. The van der Waals surface area contributed by atoms with Crippen LogP contribution in [0, 0.1) is 0 Å². The Kier molecular flexibility index (Phi) is 5.73. The molecule has 0 radical (unpaired) electrons. The number of H-pyrrole nitrogens is 1. The maximum atomic E-state index is 13.2. The Labute approximate surface area is 186 Å². The van der Waals surface area contributed by atoms with Crippen LogP contribution in [0.25, 0.3) is 21.9 Å². The number of nitrogens with one attached hydrogen (secondary N) is 3. The molecule has 0 aliphatic rings. The lowest BCUT2D eigenvalue weighted by Gasteiger charge is -2.18. The van der Waals surface area contributed by atoms with Gasteiger partial charge >= 0.3 is 0 Å². The van der Waals surface area contributed by atoms with Gasteiger partial charge in [-0.2, -0.15) is 0 Å². The standard InChI is InChI=1S/C27H25N3O2/c31-27(30-16-19-8-2-1-3-9-19)25(15-21-17-28-24-12-6-5-11-23(21)24)29-18-22-14-20-10-4-7-13-26(20)32-22/h1-14,17,25,28-29H,15-16,18H2,(H,30,31). The summed E-state index contributed by atoms with van der Waals surface area (Å²) in [5.41, 5.74) is 4.11. The minimum absolute atomic E-state index is 0.0322. The quantitative estimate of drug-likeness (QED) is 0.331. The van der Waals surface area contributed by atoms with Crippen molar-refractivity contribution in [2.24, 2.45) is 0 Å². The summed E-state index contributed by atoms with van der Waals surface area (Å²) in [5.74, 6) is 0.779. The monoisotopic (exact) mass is 423 g/mol. The Morgan fingerprint density at radius 1 is 0.906 bits per heavy atom. The van der Waals surface area contributed by atoms with E-state index in [-0.39, 0.29) is 5.91 Å². The number of carbonyl (C=O) groups excluding carboxylic acids is 1. The van der Waals surface area contributed by atoms with Crippen LogP contribution in [0.2, 0.25) is 0 Å². The van der Waals surface area contributed by atoms with Gasteiger partial charge in [-0.15, -0.1) is 0 Å². The summed E-state index contributed by atoms with van der Waals surface area (Å²) in [6.45, 7) is 0.969. The topological polar surface area (TPSA) is 70.1 Å². The number of benzene rings is 3. The predicted octanol–water partition coefficient (Wildman–Crippen LogP) is 4.93. The largest absolute Gasteiger partial charge is 0.460 e. The van der Waals surface area contributed by atoms with Crippen LogP contribution in [0.3, 0.4) is 0 Å². The minimum Gasteiger partial charge on any atom is -0.460 e. The molecule has 1 amide bonds. The van der Waals surface area contributed by atoms with E-state index in [2.05, 4.69) is 21.7 Å². The molecule has 3 N–H and O–H groups in total. The third-order valence-corrected chi connectivity index (χ3v) is 5.72. The van der Waals surface area contributed by atoms with E-state index in [0.717, 1.165) is 38.8 Å². The lowest BCUT2D eigenvalue weighted by atomic mass is 10.0. The highest BCUT2D eigenvalue weighted by Gasteiger charge is 2.21. The van der Waals surface area contributed by atoms with E-state index in [1.807, 2.05) is 85.1 Å². The van der Waals surface area contributed by atoms with Gasteiger partial charge in [-0.05, 0) is 35.7 Å². The molecular weight excluding hydrogens is 398 g/mol. The van der Waals surface area contributed by atoms with Crippen LogP contribution in [0.4, 0.5) is 0 Å². The number of amides is 1. The van der Waals surface area contributed by atoms with Gasteiger partial charge in [0.2, 0.25) is 5.91 Å². The van der Waals surface area contributed by atoms with Crippen molar-refractivity contribution in [3.05, 3.63) is 108 Å². The number of carbonyl (C=O) groups is 1. The molecule has 0 aliphatic carbocycles.